The van der Waals surface area contributed by atoms with Gasteiger partial charge in [-0.15, -0.1) is 19.7 Å². The van der Waals surface area contributed by atoms with Gasteiger partial charge in [-0.05, 0) is 42.9 Å². The predicted octanol–water partition coefficient (Wildman–Crippen LogP) is 3.40. The average molecular weight is 269 g/mol. The summed E-state index contributed by atoms with van der Waals surface area (Å²) in [5.74, 6) is -0.0303. The lowest BCUT2D eigenvalue weighted by Crippen LogP contribution is -2.28. The van der Waals surface area contributed by atoms with Crippen LogP contribution in [0, 0.1) is 0 Å². The topological polar surface area (TPSA) is 43.1 Å². The SMILES string of the molecule is C=CCc1ccc(C(=O)C(C)N)c(CC=C)c1CC=C. The van der Waals surface area contributed by atoms with Crippen LogP contribution in [0.3, 0.4) is 0 Å². The maximum absolute atomic E-state index is 12.3. The van der Waals surface area contributed by atoms with Crippen molar-refractivity contribution in [3.63, 3.8) is 0 Å². The molecule has 0 spiro atoms. The highest BCUT2D eigenvalue weighted by Crippen LogP contribution is 2.23. The van der Waals surface area contributed by atoms with Gasteiger partial charge in [-0.1, -0.05) is 30.4 Å². The first-order valence-electron chi connectivity index (χ1n) is 6.82. The van der Waals surface area contributed by atoms with Gasteiger partial charge in [-0.2, -0.15) is 0 Å². The summed E-state index contributed by atoms with van der Waals surface area (Å²) in [4.78, 5) is 12.3. The summed E-state index contributed by atoms with van der Waals surface area (Å²) < 4.78 is 0. The number of rotatable bonds is 8. The van der Waals surface area contributed by atoms with E-state index in [-0.39, 0.29) is 5.78 Å². The Bertz CT molecular complexity index is 526. The third-order valence-corrected chi connectivity index (χ3v) is 3.27. The van der Waals surface area contributed by atoms with Gasteiger partial charge in [0.1, 0.15) is 0 Å². The number of nitrogens with two attached hydrogens (primary N) is 1. The molecule has 106 valence electrons. The zero-order valence-electron chi connectivity index (χ0n) is 12.2. The molecule has 2 N–H and O–H groups in total. The Morgan fingerprint density at radius 3 is 2.15 bits per heavy atom. The van der Waals surface area contributed by atoms with E-state index < -0.39 is 6.04 Å². The number of carbonyl (C=O) groups excluding carboxylic acids is 1. The van der Waals surface area contributed by atoms with Crippen molar-refractivity contribution in [2.24, 2.45) is 5.73 Å². The fraction of sp³-hybridized carbons (Fsp3) is 0.278. The number of hydrogen-bond acceptors (Lipinski definition) is 2. The number of ketones is 1. The largest absolute Gasteiger partial charge is 0.321 e. The van der Waals surface area contributed by atoms with Crippen LogP contribution in [0.1, 0.15) is 34.0 Å². The van der Waals surface area contributed by atoms with E-state index in [9.17, 15) is 4.79 Å². The standard InChI is InChI=1S/C18H23NO/c1-5-8-14-11-12-17(18(20)13(4)19)16(10-7-3)15(14)9-6-2/h5-7,11-13H,1-3,8-10,19H2,4H3. The maximum atomic E-state index is 12.3. The minimum atomic E-state index is -0.500. The van der Waals surface area contributed by atoms with Gasteiger partial charge in [0.15, 0.2) is 5.78 Å². The van der Waals surface area contributed by atoms with Crippen LogP contribution in [0.25, 0.3) is 0 Å². The molecule has 1 rings (SSSR count). The molecule has 0 amide bonds. The van der Waals surface area contributed by atoms with Gasteiger partial charge in [-0.3, -0.25) is 4.79 Å². The van der Waals surface area contributed by atoms with E-state index in [4.69, 9.17) is 5.73 Å². The summed E-state index contributed by atoms with van der Waals surface area (Å²) in [6.45, 7) is 13.1. The fourth-order valence-electron chi connectivity index (χ4n) is 2.34. The lowest BCUT2D eigenvalue weighted by atomic mass is 9.87. The summed E-state index contributed by atoms with van der Waals surface area (Å²) in [5, 5.41) is 0. The van der Waals surface area contributed by atoms with Crippen LogP contribution in [0.4, 0.5) is 0 Å². The summed E-state index contributed by atoms with van der Waals surface area (Å²) in [7, 11) is 0. The molecule has 0 aromatic heterocycles. The van der Waals surface area contributed by atoms with Crippen molar-refractivity contribution < 1.29 is 4.79 Å². The van der Waals surface area contributed by atoms with Gasteiger partial charge in [0, 0.05) is 5.56 Å². The monoisotopic (exact) mass is 269 g/mol. The third kappa shape index (κ3) is 3.55. The summed E-state index contributed by atoms with van der Waals surface area (Å²) in [5.41, 5.74) is 9.78. The van der Waals surface area contributed by atoms with Crippen molar-refractivity contribution in [2.75, 3.05) is 0 Å². The second-order valence-corrected chi connectivity index (χ2v) is 4.86. The predicted molar refractivity (Wildman–Crippen MR) is 86.1 cm³/mol. The Kier molecular flexibility index (Phi) is 6.13. The molecule has 0 aliphatic carbocycles. The van der Waals surface area contributed by atoms with Crippen molar-refractivity contribution in [3.8, 4) is 0 Å². The minimum Gasteiger partial charge on any atom is -0.321 e. The lowest BCUT2D eigenvalue weighted by Gasteiger charge is -2.17. The summed E-state index contributed by atoms with van der Waals surface area (Å²) >= 11 is 0. The molecule has 0 bridgehead atoms. The molecular weight excluding hydrogens is 246 g/mol. The zero-order chi connectivity index (χ0) is 15.1. The molecule has 2 heteroatoms. The van der Waals surface area contributed by atoms with Gasteiger partial charge in [0.05, 0.1) is 6.04 Å². The zero-order valence-corrected chi connectivity index (χ0v) is 12.2. The van der Waals surface area contributed by atoms with Crippen LogP contribution < -0.4 is 5.73 Å². The van der Waals surface area contributed by atoms with Crippen LogP contribution in [0.5, 0.6) is 0 Å². The van der Waals surface area contributed by atoms with Crippen LogP contribution >= 0.6 is 0 Å². The molecule has 0 saturated heterocycles. The van der Waals surface area contributed by atoms with Crippen molar-refractivity contribution >= 4 is 5.78 Å². The van der Waals surface area contributed by atoms with E-state index in [1.807, 2.05) is 30.4 Å². The Balaban J connectivity index is 3.49. The Morgan fingerprint density at radius 1 is 1.10 bits per heavy atom. The first-order valence-corrected chi connectivity index (χ1v) is 6.82. The van der Waals surface area contributed by atoms with Gasteiger partial charge in [0.25, 0.3) is 0 Å². The average Bonchev–Trinajstić information content (AvgIpc) is 2.42. The third-order valence-electron chi connectivity index (χ3n) is 3.27. The molecule has 20 heavy (non-hydrogen) atoms. The number of carbonyl (C=O) groups is 1. The highest BCUT2D eigenvalue weighted by molar-refractivity contribution is 6.01. The second-order valence-electron chi connectivity index (χ2n) is 4.86. The Labute approximate surface area is 121 Å². The quantitative estimate of drug-likeness (QED) is 0.580. The van der Waals surface area contributed by atoms with E-state index in [2.05, 4.69) is 19.7 Å². The van der Waals surface area contributed by atoms with Crippen molar-refractivity contribution in [1.82, 2.24) is 0 Å². The first kappa shape index (κ1) is 16.1. The normalized spacial score (nSPS) is 11.7. The molecule has 2 nitrogen and oxygen atoms in total. The fourth-order valence-corrected chi connectivity index (χ4v) is 2.34. The summed E-state index contributed by atoms with van der Waals surface area (Å²) in [6, 6.07) is 3.36. The van der Waals surface area contributed by atoms with E-state index in [0.29, 0.717) is 12.0 Å². The molecule has 0 radical (unpaired) electrons. The molecule has 1 aromatic carbocycles. The Hall–Kier alpha value is -1.93. The highest BCUT2D eigenvalue weighted by atomic mass is 16.1. The van der Waals surface area contributed by atoms with Crippen LogP contribution in [0.15, 0.2) is 50.1 Å². The molecule has 0 aliphatic rings. The minimum absolute atomic E-state index is 0.0303. The van der Waals surface area contributed by atoms with Crippen LogP contribution in [-0.4, -0.2) is 11.8 Å². The molecule has 1 unspecified atom stereocenters. The number of allylic oxidation sites excluding steroid dienone is 3. The number of benzene rings is 1. The van der Waals surface area contributed by atoms with E-state index in [1.165, 1.54) is 5.56 Å². The van der Waals surface area contributed by atoms with Crippen molar-refractivity contribution in [1.29, 1.82) is 0 Å². The van der Waals surface area contributed by atoms with Crippen LogP contribution in [0.2, 0.25) is 0 Å². The molecule has 1 aromatic rings. The van der Waals surface area contributed by atoms with Gasteiger partial charge >= 0.3 is 0 Å². The van der Waals surface area contributed by atoms with Crippen molar-refractivity contribution in [3.05, 3.63) is 72.4 Å². The molecule has 0 heterocycles. The highest BCUT2D eigenvalue weighted by Gasteiger charge is 2.18. The molecule has 0 saturated carbocycles. The molecule has 1 atom stereocenters. The van der Waals surface area contributed by atoms with E-state index in [1.54, 1.807) is 6.92 Å². The van der Waals surface area contributed by atoms with E-state index >= 15 is 0 Å². The first-order chi connectivity index (χ1) is 9.56. The van der Waals surface area contributed by atoms with E-state index in [0.717, 1.165) is 24.0 Å². The molecule has 0 aliphatic heterocycles. The molecule has 0 fully saturated rings. The van der Waals surface area contributed by atoms with Gasteiger partial charge in [-0.25, -0.2) is 0 Å². The second kappa shape index (κ2) is 7.61. The van der Waals surface area contributed by atoms with Crippen LogP contribution in [-0.2, 0) is 19.3 Å². The van der Waals surface area contributed by atoms with Gasteiger partial charge < -0.3 is 5.73 Å². The van der Waals surface area contributed by atoms with Gasteiger partial charge in [0.2, 0.25) is 0 Å². The number of Topliss-reactive ketones (excluding diaryl/α,β-unsaturated/α-hetero) is 1. The molecular formula is C18H23NO. The number of hydrogen-bond donors (Lipinski definition) is 1. The summed E-state index contributed by atoms with van der Waals surface area (Å²) in [6.07, 6.45) is 7.70. The Morgan fingerprint density at radius 2 is 1.65 bits per heavy atom. The maximum Gasteiger partial charge on any atom is 0.179 e. The smallest absolute Gasteiger partial charge is 0.179 e. The van der Waals surface area contributed by atoms with Crippen molar-refractivity contribution in [2.45, 2.75) is 32.2 Å². The lowest BCUT2D eigenvalue weighted by molar-refractivity contribution is 0.0967.